The van der Waals surface area contributed by atoms with Crippen LogP contribution in [0.15, 0.2) is 46.2 Å². The Labute approximate surface area is 294 Å². The maximum absolute atomic E-state index is 14.9. The molecule has 50 heavy (non-hydrogen) atoms. The van der Waals surface area contributed by atoms with Crippen molar-refractivity contribution in [2.24, 2.45) is 22.2 Å². The van der Waals surface area contributed by atoms with Gasteiger partial charge in [-0.15, -0.1) is 0 Å². The average molecular weight is 689 g/mol. The molecule has 0 spiro atoms. The molecule has 11 nitrogen and oxygen atoms in total. The van der Waals surface area contributed by atoms with Crippen LogP contribution in [0, 0.1) is 23.1 Å². The molecular formula is C38H53FN8O3. The summed E-state index contributed by atoms with van der Waals surface area (Å²) in [5.74, 6) is 2.19. The van der Waals surface area contributed by atoms with Crippen molar-refractivity contribution in [2.45, 2.75) is 72.5 Å². The normalized spacial score (nSPS) is 24.7. The van der Waals surface area contributed by atoms with Gasteiger partial charge in [-0.25, -0.2) is 14.4 Å². The molecule has 3 aromatic rings. The minimum absolute atomic E-state index is 0.0147. The van der Waals surface area contributed by atoms with Gasteiger partial charge in [0.25, 0.3) is 5.56 Å². The molecule has 2 aliphatic heterocycles. The van der Waals surface area contributed by atoms with Crippen molar-refractivity contribution in [3.63, 3.8) is 0 Å². The number of hydrogen-bond acceptors (Lipinski definition) is 7. The molecule has 0 radical (unpaired) electrons. The number of aliphatic imine (C=N–C) groups is 1. The number of ether oxygens (including phenoxy) is 1. The molecule has 2 N–H and O–H groups in total. The third-order valence-corrected chi connectivity index (χ3v) is 11.4. The first-order valence-electron chi connectivity index (χ1n) is 18.0. The van der Waals surface area contributed by atoms with Gasteiger partial charge in [-0.3, -0.25) is 14.2 Å². The molecule has 1 unspecified atom stereocenters. The molecule has 270 valence electrons. The van der Waals surface area contributed by atoms with E-state index in [1.807, 2.05) is 30.0 Å². The standard InChI is InChI=1S/C38H53FN8O3/c1-24-22-46(23-34(48)40-24)36(42-32-12-14-38(4,5)26(3)25(32)2)41-28-9-11-30-33(20-28)43-37(45-18-16-44(6)17-19-45)47(35(30)49)15-13-27-8-10-29(50-7)21-31(27)39/h8-11,20-21,24-26,32H,12-19,22-23H2,1-7H3,(H,40,48)(H,41,42)/t24-,25-,26-,32?/m0/s1. The molecule has 1 saturated carbocycles. The number of aryl methyl sites for hydroxylation is 1. The Bertz CT molecular complexity index is 1800. The van der Waals surface area contributed by atoms with Crippen molar-refractivity contribution in [1.82, 2.24) is 24.7 Å². The van der Waals surface area contributed by atoms with Crippen LogP contribution in [0.1, 0.15) is 53.0 Å². The minimum atomic E-state index is -0.359. The molecule has 6 rings (SSSR count). The van der Waals surface area contributed by atoms with Gasteiger partial charge in [-0.2, -0.15) is 0 Å². The number of hydrogen-bond donors (Lipinski definition) is 2. The summed E-state index contributed by atoms with van der Waals surface area (Å²) < 4.78 is 21.8. The van der Waals surface area contributed by atoms with Crippen molar-refractivity contribution < 1.29 is 13.9 Å². The van der Waals surface area contributed by atoms with Crippen LogP contribution in [0.5, 0.6) is 5.75 Å². The van der Waals surface area contributed by atoms with E-state index in [-0.39, 0.29) is 47.9 Å². The zero-order valence-corrected chi connectivity index (χ0v) is 30.6. The highest BCUT2D eigenvalue weighted by Gasteiger charge is 2.39. The first-order valence-corrected chi connectivity index (χ1v) is 18.0. The van der Waals surface area contributed by atoms with E-state index in [1.165, 1.54) is 13.2 Å². The molecule has 0 bridgehead atoms. The maximum Gasteiger partial charge on any atom is 0.262 e. The summed E-state index contributed by atoms with van der Waals surface area (Å²) in [6.45, 7) is 15.6. The van der Waals surface area contributed by atoms with E-state index in [4.69, 9.17) is 14.7 Å². The summed E-state index contributed by atoms with van der Waals surface area (Å²) in [5.41, 5.74) is 1.93. The molecule has 3 heterocycles. The Balaban J connectivity index is 1.35. The van der Waals surface area contributed by atoms with E-state index in [0.29, 0.717) is 58.9 Å². The first kappa shape index (κ1) is 35.6. The van der Waals surface area contributed by atoms with Crippen molar-refractivity contribution in [3.8, 4) is 5.75 Å². The fourth-order valence-electron chi connectivity index (χ4n) is 7.64. The maximum atomic E-state index is 14.9. The Morgan fingerprint density at radius 1 is 1.10 bits per heavy atom. The van der Waals surface area contributed by atoms with Gasteiger partial charge in [0.2, 0.25) is 11.9 Å². The number of piperazine rings is 2. The molecular weight excluding hydrogens is 635 g/mol. The number of carbonyl (C=O) groups is 1. The summed E-state index contributed by atoms with van der Waals surface area (Å²) in [6.07, 6.45) is 2.40. The highest BCUT2D eigenvalue weighted by molar-refractivity contribution is 5.98. The number of aromatic nitrogens is 2. The smallest absolute Gasteiger partial charge is 0.262 e. The number of amides is 1. The topological polar surface area (TPSA) is 107 Å². The predicted octanol–water partition coefficient (Wildman–Crippen LogP) is 4.59. The van der Waals surface area contributed by atoms with Gasteiger partial charge in [-0.05, 0) is 80.3 Å². The second-order valence-corrected chi connectivity index (χ2v) is 15.3. The van der Waals surface area contributed by atoms with Crippen molar-refractivity contribution >= 4 is 34.4 Å². The SMILES string of the molecule is COc1ccc(CCn2c(N3CCN(C)CC3)nc3cc(NC(=NC4CCC(C)(C)[C@@H](C)[C@@H]4C)N4CC(=O)N[C@@H](C)C4)ccc3c2=O)c(F)c1. The number of fused-ring (bicyclic) bond motifs is 1. The summed E-state index contributed by atoms with van der Waals surface area (Å²) in [6, 6.07) is 10.5. The number of nitrogens with zero attached hydrogens (tertiary/aromatic N) is 6. The summed E-state index contributed by atoms with van der Waals surface area (Å²) in [5, 5.41) is 7.07. The van der Waals surface area contributed by atoms with Gasteiger partial charge < -0.3 is 30.1 Å². The molecule has 12 heteroatoms. The fourth-order valence-corrected chi connectivity index (χ4v) is 7.64. The minimum Gasteiger partial charge on any atom is -0.497 e. The van der Waals surface area contributed by atoms with E-state index in [2.05, 4.69) is 55.2 Å². The van der Waals surface area contributed by atoms with E-state index in [9.17, 15) is 14.0 Å². The Kier molecular flexibility index (Phi) is 10.4. The molecule has 2 aromatic carbocycles. The quantitative estimate of drug-likeness (QED) is 0.275. The summed E-state index contributed by atoms with van der Waals surface area (Å²) >= 11 is 0. The van der Waals surface area contributed by atoms with Gasteiger partial charge in [-0.1, -0.05) is 33.8 Å². The molecule has 2 saturated heterocycles. The van der Waals surface area contributed by atoms with Crippen LogP contribution in [0.25, 0.3) is 10.9 Å². The van der Waals surface area contributed by atoms with E-state index in [1.54, 1.807) is 16.7 Å². The Hall–Kier alpha value is -4.19. The predicted molar refractivity (Wildman–Crippen MR) is 198 cm³/mol. The first-order chi connectivity index (χ1) is 23.8. The van der Waals surface area contributed by atoms with Crippen molar-refractivity contribution in [3.05, 3.63) is 58.1 Å². The lowest BCUT2D eigenvalue weighted by Crippen LogP contribution is -2.56. The molecule has 1 amide bonds. The zero-order valence-electron chi connectivity index (χ0n) is 30.6. The fraction of sp³-hybridized carbons (Fsp3) is 0.579. The van der Waals surface area contributed by atoms with E-state index in [0.717, 1.165) is 44.7 Å². The number of guanidine groups is 1. The number of anilines is 2. The second-order valence-electron chi connectivity index (χ2n) is 15.3. The van der Waals surface area contributed by atoms with Crippen LogP contribution in [-0.2, 0) is 17.8 Å². The van der Waals surface area contributed by atoms with Crippen LogP contribution in [0.3, 0.4) is 0 Å². The number of likely N-dealkylation sites (N-methyl/N-ethyl adjacent to an activating group) is 1. The molecule has 4 atom stereocenters. The molecule has 1 aromatic heterocycles. The summed E-state index contributed by atoms with van der Waals surface area (Å²) in [7, 11) is 3.60. The number of halogens is 1. The largest absolute Gasteiger partial charge is 0.497 e. The van der Waals surface area contributed by atoms with Crippen LogP contribution in [0.4, 0.5) is 16.0 Å². The third-order valence-electron chi connectivity index (χ3n) is 11.4. The summed E-state index contributed by atoms with van der Waals surface area (Å²) in [4.78, 5) is 43.7. The van der Waals surface area contributed by atoms with Gasteiger partial charge in [0, 0.05) is 57.1 Å². The lowest BCUT2D eigenvalue weighted by Gasteiger charge is -2.44. The number of nitrogens with one attached hydrogen (secondary N) is 2. The number of carbonyl (C=O) groups excluding carboxylic acids is 1. The van der Waals surface area contributed by atoms with Gasteiger partial charge >= 0.3 is 0 Å². The highest BCUT2D eigenvalue weighted by Crippen LogP contribution is 2.44. The van der Waals surface area contributed by atoms with Crippen LogP contribution in [-0.4, -0.2) is 96.7 Å². The average Bonchev–Trinajstić information content (AvgIpc) is 3.08. The number of methoxy groups -OCH3 is 1. The van der Waals surface area contributed by atoms with Gasteiger partial charge in [0.05, 0.1) is 30.6 Å². The van der Waals surface area contributed by atoms with Crippen LogP contribution < -0.4 is 25.8 Å². The van der Waals surface area contributed by atoms with Crippen LogP contribution in [0.2, 0.25) is 0 Å². The van der Waals surface area contributed by atoms with E-state index >= 15 is 0 Å². The number of benzene rings is 2. The van der Waals surface area contributed by atoms with Crippen molar-refractivity contribution in [1.29, 1.82) is 0 Å². The highest BCUT2D eigenvalue weighted by atomic mass is 19.1. The monoisotopic (exact) mass is 688 g/mol. The molecule has 1 aliphatic carbocycles. The van der Waals surface area contributed by atoms with E-state index < -0.39 is 0 Å². The molecule has 3 fully saturated rings. The molecule has 3 aliphatic rings. The number of rotatable bonds is 7. The lowest BCUT2D eigenvalue weighted by atomic mass is 9.63. The zero-order chi connectivity index (χ0) is 35.7. The second kappa shape index (κ2) is 14.6. The van der Waals surface area contributed by atoms with Crippen LogP contribution >= 0.6 is 0 Å². The Morgan fingerprint density at radius 3 is 2.56 bits per heavy atom. The van der Waals surface area contributed by atoms with Gasteiger partial charge in [0.15, 0.2) is 5.96 Å². The van der Waals surface area contributed by atoms with Gasteiger partial charge in [0.1, 0.15) is 11.6 Å². The third kappa shape index (κ3) is 7.60. The Morgan fingerprint density at radius 2 is 1.86 bits per heavy atom. The van der Waals surface area contributed by atoms with Crippen molar-refractivity contribution in [2.75, 3.05) is 63.6 Å². The lowest BCUT2D eigenvalue weighted by molar-refractivity contribution is -0.123.